The molecule has 2 rings (SSSR count). The molecule has 0 saturated carbocycles. The lowest BCUT2D eigenvalue weighted by Gasteiger charge is -2.25. The molecular weight excluding hydrogens is 342 g/mol. The van der Waals surface area contributed by atoms with E-state index >= 15 is 0 Å². The third-order valence-electron chi connectivity index (χ3n) is 4.83. The fraction of sp³-hybridized carbons (Fsp3) is 0.636. The summed E-state index contributed by atoms with van der Waals surface area (Å²) in [7, 11) is 1.72. The summed E-state index contributed by atoms with van der Waals surface area (Å²) in [5.41, 5.74) is -0.860. The largest absolute Gasteiger partial charge is 0.465 e. The summed E-state index contributed by atoms with van der Waals surface area (Å²) in [4.78, 5) is 2.29. The van der Waals surface area contributed by atoms with Gasteiger partial charge in [-0.1, -0.05) is 26.7 Å². The Morgan fingerprint density at radius 3 is 2.19 bits per heavy atom. The van der Waals surface area contributed by atoms with Gasteiger partial charge < -0.3 is 18.7 Å². The molecule has 0 aliphatic carbocycles. The van der Waals surface area contributed by atoms with Gasteiger partial charge >= 0.3 is 0 Å². The number of nitrogens with zero attached hydrogens (tertiary/aromatic N) is 1. The van der Waals surface area contributed by atoms with Crippen molar-refractivity contribution in [3.05, 3.63) is 47.3 Å². The maximum absolute atomic E-state index is 11.0. The van der Waals surface area contributed by atoms with Crippen LogP contribution in [0.5, 0.6) is 0 Å². The van der Waals surface area contributed by atoms with Crippen LogP contribution in [0.25, 0.3) is 0 Å². The summed E-state index contributed by atoms with van der Waals surface area (Å²) in [6.45, 7) is 9.15. The number of aliphatic hydroxyl groups is 1. The Balaban J connectivity index is 2.08. The number of methoxy groups -OCH3 is 1. The molecule has 5 nitrogen and oxygen atoms in total. The van der Waals surface area contributed by atoms with Crippen molar-refractivity contribution < 1.29 is 18.7 Å². The van der Waals surface area contributed by atoms with Gasteiger partial charge in [0.2, 0.25) is 0 Å². The third-order valence-corrected chi connectivity index (χ3v) is 4.83. The maximum Gasteiger partial charge on any atom is 0.135 e. The molecule has 0 radical (unpaired) electrons. The highest BCUT2D eigenvalue weighted by Gasteiger charge is 2.31. The SMILES string of the molecule is CCCC(O)(CCC)c1ccc(CN(CCCOC)Cc2ccc(C)o2)o1. The van der Waals surface area contributed by atoms with Crippen LogP contribution in [0, 0.1) is 6.92 Å². The summed E-state index contributed by atoms with van der Waals surface area (Å²) in [6.07, 6.45) is 4.23. The van der Waals surface area contributed by atoms with Crippen molar-refractivity contribution >= 4 is 0 Å². The minimum Gasteiger partial charge on any atom is -0.465 e. The van der Waals surface area contributed by atoms with Gasteiger partial charge in [-0.05, 0) is 50.5 Å². The van der Waals surface area contributed by atoms with E-state index in [-0.39, 0.29) is 0 Å². The van der Waals surface area contributed by atoms with Crippen molar-refractivity contribution in [1.29, 1.82) is 0 Å². The molecule has 1 N–H and O–H groups in total. The molecule has 0 saturated heterocycles. The fourth-order valence-electron chi connectivity index (χ4n) is 3.57. The predicted octanol–water partition coefficient (Wildman–Crippen LogP) is 5.01. The van der Waals surface area contributed by atoms with Gasteiger partial charge in [0.15, 0.2) is 0 Å². The predicted molar refractivity (Wildman–Crippen MR) is 106 cm³/mol. The molecule has 2 aromatic rings. The van der Waals surface area contributed by atoms with Crippen molar-refractivity contribution in [2.45, 2.75) is 71.6 Å². The van der Waals surface area contributed by atoms with E-state index in [2.05, 4.69) is 18.7 Å². The molecule has 0 aliphatic rings. The van der Waals surface area contributed by atoms with E-state index in [0.29, 0.717) is 12.3 Å². The second-order valence-corrected chi connectivity index (χ2v) is 7.37. The summed E-state index contributed by atoms with van der Waals surface area (Å²) < 4.78 is 17.0. The number of rotatable bonds is 13. The van der Waals surface area contributed by atoms with Crippen LogP contribution in [0.2, 0.25) is 0 Å². The second-order valence-electron chi connectivity index (χ2n) is 7.37. The number of ether oxygens (including phenoxy) is 1. The Kier molecular flexibility index (Phi) is 8.61. The molecule has 0 unspecified atom stereocenters. The monoisotopic (exact) mass is 377 g/mol. The average molecular weight is 378 g/mol. The molecule has 2 aromatic heterocycles. The Hall–Kier alpha value is -1.56. The molecule has 0 aliphatic heterocycles. The highest BCUT2D eigenvalue weighted by atomic mass is 16.5. The van der Waals surface area contributed by atoms with Gasteiger partial charge in [0.05, 0.1) is 13.1 Å². The smallest absolute Gasteiger partial charge is 0.135 e. The maximum atomic E-state index is 11.0. The van der Waals surface area contributed by atoms with E-state index in [9.17, 15) is 5.11 Å². The van der Waals surface area contributed by atoms with E-state index < -0.39 is 5.60 Å². The van der Waals surface area contributed by atoms with Gasteiger partial charge in [0, 0.05) is 20.3 Å². The number of hydrogen-bond acceptors (Lipinski definition) is 5. The molecule has 0 atom stereocenters. The zero-order valence-corrected chi connectivity index (χ0v) is 17.3. The van der Waals surface area contributed by atoms with Crippen molar-refractivity contribution in [1.82, 2.24) is 4.90 Å². The van der Waals surface area contributed by atoms with Gasteiger partial charge in [-0.25, -0.2) is 0 Å². The van der Waals surface area contributed by atoms with Gasteiger partial charge in [0.1, 0.15) is 28.6 Å². The van der Waals surface area contributed by atoms with Crippen molar-refractivity contribution in [2.75, 3.05) is 20.3 Å². The standard InChI is InChI=1S/C22H35NO4/c1-5-12-22(24,13-6-2)21-11-10-20(27-21)17-23(14-7-15-25-4)16-19-9-8-18(3)26-19/h8-11,24H,5-7,12-17H2,1-4H3. The molecular formula is C22H35NO4. The minimum atomic E-state index is -0.860. The van der Waals surface area contributed by atoms with Crippen molar-refractivity contribution in [3.8, 4) is 0 Å². The number of hydrogen-bond donors (Lipinski definition) is 1. The highest BCUT2D eigenvalue weighted by molar-refractivity contribution is 5.14. The normalized spacial score (nSPS) is 12.2. The molecule has 152 valence electrons. The van der Waals surface area contributed by atoms with Crippen LogP contribution < -0.4 is 0 Å². The molecule has 5 heteroatoms. The molecule has 0 amide bonds. The van der Waals surface area contributed by atoms with Gasteiger partial charge in [-0.3, -0.25) is 4.90 Å². The van der Waals surface area contributed by atoms with Crippen LogP contribution in [0.1, 0.15) is 69.0 Å². The van der Waals surface area contributed by atoms with Crippen molar-refractivity contribution in [2.24, 2.45) is 0 Å². The Morgan fingerprint density at radius 1 is 1.00 bits per heavy atom. The first-order valence-corrected chi connectivity index (χ1v) is 10.1. The van der Waals surface area contributed by atoms with Gasteiger partial charge in [-0.15, -0.1) is 0 Å². The molecule has 0 spiro atoms. The van der Waals surface area contributed by atoms with Crippen LogP contribution in [0.4, 0.5) is 0 Å². The highest BCUT2D eigenvalue weighted by Crippen LogP contribution is 2.33. The first kappa shape index (κ1) is 21.7. The molecule has 0 bridgehead atoms. The zero-order chi connectivity index (χ0) is 19.7. The summed E-state index contributed by atoms with van der Waals surface area (Å²) in [5.74, 6) is 3.43. The van der Waals surface area contributed by atoms with E-state index in [1.165, 1.54) is 0 Å². The number of furan rings is 2. The number of aryl methyl sites for hydroxylation is 1. The quantitative estimate of drug-likeness (QED) is 0.497. The lowest BCUT2D eigenvalue weighted by molar-refractivity contribution is -0.00527. The van der Waals surface area contributed by atoms with Crippen LogP contribution in [0.3, 0.4) is 0 Å². The summed E-state index contributed by atoms with van der Waals surface area (Å²) in [5, 5.41) is 11.0. The third kappa shape index (κ3) is 6.52. The molecule has 2 heterocycles. The summed E-state index contributed by atoms with van der Waals surface area (Å²) >= 11 is 0. The first-order valence-electron chi connectivity index (χ1n) is 10.1. The Labute approximate surface area is 163 Å². The van der Waals surface area contributed by atoms with E-state index in [0.717, 1.165) is 69.1 Å². The Bertz CT molecular complexity index is 655. The minimum absolute atomic E-state index is 0.678. The molecule has 27 heavy (non-hydrogen) atoms. The van der Waals surface area contributed by atoms with Crippen LogP contribution >= 0.6 is 0 Å². The van der Waals surface area contributed by atoms with Crippen LogP contribution in [0.15, 0.2) is 33.1 Å². The zero-order valence-electron chi connectivity index (χ0n) is 17.3. The average Bonchev–Trinajstić information content (AvgIpc) is 3.25. The topological polar surface area (TPSA) is 59.0 Å². The second kappa shape index (κ2) is 10.7. The van der Waals surface area contributed by atoms with Crippen LogP contribution in [-0.4, -0.2) is 30.3 Å². The lowest BCUT2D eigenvalue weighted by Crippen LogP contribution is -2.25. The van der Waals surface area contributed by atoms with Crippen molar-refractivity contribution in [3.63, 3.8) is 0 Å². The van der Waals surface area contributed by atoms with Gasteiger partial charge in [-0.2, -0.15) is 0 Å². The lowest BCUT2D eigenvalue weighted by atomic mass is 9.90. The van der Waals surface area contributed by atoms with Gasteiger partial charge in [0.25, 0.3) is 0 Å². The molecule has 0 aromatic carbocycles. The fourth-order valence-corrected chi connectivity index (χ4v) is 3.57. The van der Waals surface area contributed by atoms with E-state index in [1.54, 1.807) is 7.11 Å². The van der Waals surface area contributed by atoms with Crippen LogP contribution in [-0.2, 0) is 23.4 Å². The summed E-state index contributed by atoms with van der Waals surface area (Å²) in [6, 6.07) is 7.93. The Morgan fingerprint density at radius 2 is 1.63 bits per heavy atom. The van der Waals surface area contributed by atoms with E-state index in [4.69, 9.17) is 13.6 Å². The molecule has 0 fully saturated rings. The first-order chi connectivity index (χ1) is 13.0. The van der Waals surface area contributed by atoms with E-state index in [1.807, 2.05) is 31.2 Å².